The molecule has 2 heteroatoms. The lowest BCUT2D eigenvalue weighted by Crippen LogP contribution is -2.47. The molecule has 20 heavy (non-hydrogen) atoms. The third-order valence-corrected chi connectivity index (χ3v) is 7.40. The Labute approximate surface area is 123 Å². The molecule has 5 atom stereocenters. The topological polar surface area (TPSA) is 26.3 Å². The standard InChI is InChI=1S/C18H30O2/c1-6-15(19)20-17(5)9-10-18-11-14(17)16(3,4)13(18)8-7-12(18)2/h12-14H,6-11H2,1-5H3. The molecule has 0 radical (unpaired) electrons. The van der Waals surface area contributed by atoms with Crippen molar-refractivity contribution in [2.75, 3.05) is 0 Å². The Morgan fingerprint density at radius 2 is 1.85 bits per heavy atom. The van der Waals surface area contributed by atoms with E-state index in [9.17, 15) is 4.79 Å². The van der Waals surface area contributed by atoms with E-state index in [0.717, 1.165) is 18.3 Å². The maximum Gasteiger partial charge on any atom is 0.306 e. The zero-order valence-corrected chi connectivity index (χ0v) is 13.8. The lowest BCUT2D eigenvalue weighted by Gasteiger charge is -2.46. The van der Waals surface area contributed by atoms with Crippen LogP contribution in [0.1, 0.15) is 73.1 Å². The van der Waals surface area contributed by atoms with Gasteiger partial charge in [-0.25, -0.2) is 0 Å². The second-order valence-electron chi connectivity index (χ2n) is 8.48. The normalized spacial score (nSPS) is 49.0. The molecule has 0 saturated heterocycles. The van der Waals surface area contributed by atoms with Gasteiger partial charge < -0.3 is 4.74 Å². The number of hydrogen-bond acceptors (Lipinski definition) is 2. The van der Waals surface area contributed by atoms with E-state index in [1.807, 2.05) is 6.92 Å². The number of carbonyl (C=O) groups is 1. The largest absolute Gasteiger partial charge is 0.459 e. The molecule has 0 aromatic rings. The molecule has 2 bridgehead atoms. The van der Waals surface area contributed by atoms with E-state index in [4.69, 9.17) is 4.74 Å². The zero-order valence-electron chi connectivity index (χ0n) is 13.8. The van der Waals surface area contributed by atoms with E-state index >= 15 is 0 Å². The summed E-state index contributed by atoms with van der Waals surface area (Å²) in [5.41, 5.74) is 0.627. The highest BCUT2D eigenvalue weighted by Crippen LogP contribution is 2.73. The molecule has 3 rings (SSSR count). The number of ether oxygens (including phenoxy) is 1. The summed E-state index contributed by atoms with van der Waals surface area (Å²) in [6.45, 7) is 11.4. The quantitative estimate of drug-likeness (QED) is 0.692. The Balaban J connectivity index is 1.94. The van der Waals surface area contributed by atoms with Crippen LogP contribution in [0.25, 0.3) is 0 Å². The van der Waals surface area contributed by atoms with Crippen LogP contribution >= 0.6 is 0 Å². The van der Waals surface area contributed by atoms with Crippen LogP contribution < -0.4 is 0 Å². The Morgan fingerprint density at radius 1 is 1.15 bits per heavy atom. The van der Waals surface area contributed by atoms with Crippen LogP contribution in [0, 0.1) is 28.6 Å². The third kappa shape index (κ3) is 1.66. The second kappa shape index (κ2) is 4.24. The third-order valence-electron chi connectivity index (χ3n) is 7.40. The van der Waals surface area contributed by atoms with E-state index in [1.54, 1.807) is 0 Å². The zero-order chi connectivity index (χ0) is 14.8. The molecular weight excluding hydrogens is 248 g/mol. The molecule has 0 aliphatic heterocycles. The molecule has 0 aromatic heterocycles. The molecule has 0 aromatic carbocycles. The van der Waals surface area contributed by atoms with Crippen molar-refractivity contribution in [3.05, 3.63) is 0 Å². The van der Waals surface area contributed by atoms with Crippen molar-refractivity contribution in [3.8, 4) is 0 Å². The molecule has 114 valence electrons. The fourth-order valence-electron chi connectivity index (χ4n) is 6.31. The van der Waals surface area contributed by atoms with Crippen molar-refractivity contribution >= 4 is 5.97 Å². The van der Waals surface area contributed by atoms with Crippen molar-refractivity contribution in [2.24, 2.45) is 28.6 Å². The summed E-state index contributed by atoms with van der Waals surface area (Å²) in [5.74, 6) is 2.19. The van der Waals surface area contributed by atoms with Gasteiger partial charge in [-0.15, -0.1) is 0 Å². The predicted octanol–water partition coefficient (Wildman–Crippen LogP) is 4.57. The molecule has 0 N–H and O–H groups in total. The van der Waals surface area contributed by atoms with Crippen LogP contribution in [0.3, 0.4) is 0 Å². The Kier molecular flexibility index (Phi) is 3.05. The summed E-state index contributed by atoms with van der Waals surface area (Å²) in [6.07, 6.45) is 6.86. The summed E-state index contributed by atoms with van der Waals surface area (Å²) in [4.78, 5) is 11.9. The first-order valence-electron chi connectivity index (χ1n) is 8.48. The fraction of sp³-hybridized carbons (Fsp3) is 0.944. The first-order valence-corrected chi connectivity index (χ1v) is 8.48. The predicted molar refractivity (Wildman–Crippen MR) is 80.2 cm³/mol. The van der Waals surface area contributed by atoms with E-state index in [2.05, 4.69) is 27.7 Å². The lowest BCUT2D eigenvalue weighted by atomic mass is 9.64. The molecule has 1 spiro atoms. The van der Waals surface area contributed by atoms with E-state index in [0.29, 0.717) is 23.2 Å². The van der Waals surface area contributed by atoms with Gasteiger partial charge in [-0.3, -0.25) is 4.79 Å². The fourth-order valence-corrected chi connectivity index (χ4v) is 6.31. The molecule has 3 aliphatic rings. The SMILES string of the molecule is CCC(=O)OC1(C)CCC23CC1C(C)(C)C2CCC3C. The molecule has 0 amide bonds. The molecule has 5 unspecified atom stereocenters. The highest BCUT2D eigenvalue weighted by Gasteiger charge is 2.68. The first kappa shape index (κ1) is 14.4. The number of rotatable bonds is 2. The van der Waals surface area contributed by atoms with Crippen molar-refractivity contribution in [3.63, 3.8) is 0 Å². The molecular formula is C18H30O2. The summed E-state index contributed by atoms with van der Waals surface area (Å²) in [6, 6.07) is 0. The first-order chi connectivity index (χ1) is 9.26. The van der Waals surface area contributed by atoms with Gasteiger partial charge in [0.25, 0.3) is 0 Å². The number of hydrogen-bond donors (Lipinski definition) is 0. The van der Waals surface area contributed by atoms with Gasteiger partial charge in [0, 0.05) is 12.3 Å². The Bertz CT molecular complexity index is 427. The lowest BCUT2D eigenvalue weighted by molar-refractivity contribution is -0.173. The highest BCUT2D eigenvalue weighted by molar-refractivity contribution is 5.69. The van der Waals surface area contributed by atoms with Crippen molar-refractivity contribution < 1.29 is 9.53 Å². The van der Waals surface area contributed by atoms with E-state index in [-0.39, 0.29) is 11.6 Å². The van der Waals surface area contributed by atoms with E-state index < -0.39 is 0 Å². The van der Waals surface area contributed by atoms with Crippen LogP contribution in [0.15, 0.2) is 0 Å². The monoisotopic (exact) mass is 278 g/mol. The average Bonchev–Trinajstić information content (AvgIpc) is 2.80. The summed E-state index contributed by atoms with van der Waals surface area (Å²) >= 11 is 0. The van der Waals surface area contributed by atoms with Crippen molar-refractivity contribution in [1.82, 2.24) is 0 Å². The van der Waals surface area contributed by atoms with Gasteiger partial charge in [0.2, 0.25) is 0 Å². The minimum Gasteiger partial charge on any atom is -0.459 e. The molecule has 3 aliphatic carbocycles. The molecule has 3 saturated carbocycles. The molecule has 3 fully saturated rings. The minimum atomic E-state index is -0.230. The summed E-state index contributed by atoms with van der Waals surface area (Å²) < 4.78 is 5.95. The number of fused-ring (bicyclic) bond motifs is 1. The van der Waals surface area contributed by atoms with Crippen molar-refractivity contribution in [2.45, 2.75) is 78.7 Å². The Hall–Kier alpha value is -0.530. The smallest absolute Gasteiger partial charge is 0.306 e. The Morgan fingerprint density at radius 3 is 2.50 bits per heavy atom. The maximum absolute atomic E-state index is 11.9. The van der Waals surface area contributed by atoms with Gasteiger partial charge >= 0.3 is 5.97 Å². The summed E-state index contributed by atoms with van der Waals surface area (Å²) in [7, 11) is 0. The van der Waals surface area contributed by atoms with Gasteiger partial charge in [0.05, 0.1) is 0 Å². The summed E-state index contributed by atoms with van der Waals surface area (Å²) in [5, 5.41) is 0. The van der Waals surface area contributed by atoms with Crippen LogP contribution in [-0.2, 0) is 9.53 Å². The number of carbonyl (C=O) groups excluding carboxylic acids is 1. The van der Waals surface area contributed by atoms with Crippen LogP contribution in [0.4, 0.5) is 0 Å². The second-order valence-corrected chi connectivity index (χ2v) is 8.48. The van der Waals surface area contributed by atoms with Crippen LogP contribution in [-0.4, -0.2) is 11.6 Å². The van der Waals surface area contributed by atoms with Crippen LogP contribution in [0.2, 0.25) is 0 Å². The van der Waals surface area contributed by atoms with Gasteiger partial charge in [-0.05, 0) is 61.7 Å². The van der Waals surface area contributed by atoms with Crippen molar-refractivity contribution in [1.29, 1.82) is 0 Å². The van der Waals surface area contributed by atoms with E-state index in [1.165, 1.54) is 25.7 Å². The van der Waals surface area contributed by atoms with Gasteiger partial charge in [0.15, 0.2) is 0 Å². The average molecular weight is 278 g/mol. The van der Waals surface area contributed by atoms with Crippen LogP contribution in [0.5, 0.6) is 0 Å². The molecule has 0 heterocycles. The highest BCUT2D eigenvalue weighted by atomic mass is 16.6. The van der Waals surface area contributed by atoms with Gasteiger partial charge in [-0.1, -0.05) is 27.7 Å². The maximum atomic E-state index is 11.9. The number of esters is 1. The van der Waals surface area contributed by atoms with Gasteiger partial charge in [-0.2, -0.15) is 0 Å². The minimum absolute atomic E-state index is 0.0237. The molecule has 2 nitrogen and oxygen atoms in total. The van der Waals surface area contributed by atoms with Gasteiger partial charge in [0.1, 0.15) is 5.60 Å².